The SMILES string of the molecule is Cc1cc(Nc2cnc(C(=O)Nc3ccc(C)c(C)c3)cn2)no1. The van der Waals surface area contributed by atoms with E-state index in [9.17, 15) is 4.79 Å². The van der Waals surface area contributed by atoms with Crippen LogP contribution in [-0.2, 0) is 0 Å². The van der Waals surface area contributed by atoms with Crippen molar-refractivity contribution >= 4 is 23.2 Å². The summed E-state index contributed by atoms with van der Waals surface area (Å²) in [5, 5.41) is 9.56. The van der Waals surface area contributed by atoms with E-state index in [0.29, 0.717) is 17.4 Å². The van der Waals surface area contributed by atoms with Gasteiger partial charge in [-0.15, -0.1) is 0 Å². The Kier molecular flexibility index (Phi) is 4.24. The highest BCUT2D eigenvalue weighted by molar-refractivity contribution is 6.02. The van der Waals surface area contributed by atoms with E-state index in [1.54, 1.807) is 13.0 Å². The zero-order valence-electron chi connectivity index (χ0n) is 13.6. The Hall–Kier alpha value is -3.22. The fourth-order valence-corrected chi connectivity index (χ4v) is 2.08. The van der Waals surface area contributed by atoms with Gasteiger partial charge >= 0.3 is 0 Å². The molecule has 0 spiro atoms. The number of amides is 1. The lowest BCUT2D eigenvalue weighted by Crippen LogP contribution is -2.14. The minimum Gasteiger partial charge on any atom is -0.360 e. The monoisotopic (exact) mass is 323 g/mol. The second-order valence-electron chi connectivity index (χ2n) is 5.49. The normalized spacial score (nSPS) is 10.5. The van der Waals surface area contributed by atoms with Crippen LogP contribution in [0.1, 0.15) is 27.4 Å². The summed E-state index contributed by atoms with van der Waals surface area (Å²) >= 11 is 0. The van der Waals surface area contributed by atoms with Crippen LogP contribution in [0.15, 0.2) is 41.2 Å². The summed E-state index contributed by atoms with van der Waals surface area (Å²) in [6.45, 7) is 5.81. The van der Waals surface area contributed by atoms with Crippen LogP contribution >= 0.6 is 0 Å². The van der Waals surface area contributed by atoms with Crippen molar-refractivity contribution in [2.24, 2.45) is 0 Å². The molecule has 0 aliphatic rings. The van der Waals surface area contributed by atoms with Crippen molar-refractivity contribution in [3.63, 3.8) is 0 Å². The van der Waals surface area contributed by atoms with E-state index < -0.39 is 0 Å². The number of aryl methyl sites for hydroxylation is 3. The number of hydrogen-bond donors (Lipinski definition) is 2. The molecule has 0 aliphatic heterocycles. The number of aromatic nitrogens is 3. The number of rotatable bonds is 4. The molecule has 7 heteroatoms. The van der Waals surface area contributed by atoms with E-state index in [1.165, 1.54) is 18.0 Å². The molecule has 0 fully saturated rings. The summed E-state index contributed by atoms with van der Waals surface area (Å²) in [6.07, 6.45) is 2.88. The first-order valence-electron chi connectivity index (χ1n) is 7.42. The summed E-state index contributed by atoms with van der Waals surface area (Å²) in [5.41, 5.74) is 3.24. The van der Waals surface area contributed by atoms with Gasteiger partial charge in [-0.05, 0) is 44.0 Å². The molecule has 3 rings (SSSR count). The van der Waals surface area contributed by atoms with Crippen LogP contribution in [0.25, 0.3) is 0 Å². The highest BCUT2D eigenvalue weighted by Crippen LogP contribution is 2.16. The first-order valence-corrected chi connectivity index (χ1v) is 7.42. The molecule has 0 saturated carbocycles. The lowest BCUT2D eigenvalue weighted by atomic mass is 10.1. The third kappa shape index (κ3) is 3.57. The quantitative estimate of drug-likeness (QED) is 0.764. The average Bonchev–Trinajstić information content (AvgIpc) is 2.96. The Morgan fingerprint density at radius 3 is 2.46 bits per heavy atom. The van der Waals surface area contributed by atoms with Gasteiger partial charge in [0.15, 0.2) is 5.82 Å². The van der Waals surface area contributed by atoms with Crippen LogP contribution in [0.3, 0.4) is 0 Å². The number of hydrogen-bond acceptors (Lipinski definition) is 6. The Morgan fingerprint density at radius 2 is 1.83 bits per heavy atom. The number of benzene rings is 1. The number of anilines is 3. The first-order chi connectivity index (χ1) is 11.5. The van der Waals surface area contributed by atoms with Crippen molar-refractivity contribution in [3.8, 4) is 0 Å². The van der Waals surface area contributed by atoms with Gasteiger partial charge in [0.05, 0.1) is 12.4 Å². The van der Waals surface area contributed by atoms with Gasteiger partial charge < -0.3 is 15.2 Å². The van der Waals surface area contributed by atoms with Gasteiger partial charge in [-0.2, -0.15) is 0 Å². The highest BCUT2D eigenvalue weighted by Gasteiger charge is 2.10. The second kappa shape index (κ2) is 6.49. The maximum atomic E-state index is 12.2. The Balaban J connectivity index is 1.68. The van der Waals surface area contributed by atoms with Crippen LogP contribution in [0.5, 0.6) is 0 Å². The molecular weight excluding hydrogens is 306 g/mol. The molecule has 1 amide bonds. The zero-order chi connectivity index (χ0) is 17.1. The van der Waals surface area contributed by atoms with E-state index in [4.69, 9.17) is 4.52 Å². The van der Waals surface area contributed by atoms with Crippen LogP contribution < -0.4 is 10.6 Å². The molecular formula is C17H17N5O2. The molecule has 0 saturated heterocycles. The first kappa shape index (κ1) is 15.7. The predicted molar refractivity (Wildman–Crippen MR) is 90.4 cm³/mol. The molecule has 0 bridgehead atoms. The molecule has 3 aromatic rings. The van der Waals surface area contributed by atoms with Gasteiger partial charge in [0.1, 0.15) is 17.3 Å². The van der Waals surface area contributed by atoms with Gasteiger partial charge in [-0.1, -0.05) is 11.2 Å². The molecule has 2 aromatic heterocycles. The topological polar surface area (TPSA) is 92.9 Å². The molecule has 0 radical (unpaired) electrons. The van der Waals surface area contributed by atoms with E-state index in [1.807, 2.05) is 32.0 Å². The minimum absolute atomic E-state index is 0.232. The van der Waals surface area contributed by atoms with E-state index >= 15 is 0 Å². The smallest absolute Gasteiger partial charge is 0.275 e. The largest absolute Gasteiger partial charge is 0.360 e. The van der Waals surface area contributed by atoms with Crippen molar-refractivity contribution in [2.45, 2.75) is 20.8 Å². The maximum absolute atomic E-state index is 12.2. The predicted octanol–water partition coefficient (Wildman–Crippen LogP) is 3.39. The fraction of sp³-hybridized carbons (Fsp3) is 0.176. The van der Waals surface area contributed by atoms with Gasteiger partial charge in [0, 0.05) is 11.8 Å². The molecule has 24 heavy (non-hydrogen) atoms. The van der Waals surface area contributed by atoms with Gasteiger partial charge in [0.2, 0.25) is 0 Å². The van der Waals surface area contributed by atoms with Crippen molar-refractivity contribution in [2.75, 3.05) is 10.6 Å². The van der Waals surface area contributed by atoms with Crippen LogP contribution in [0.2, 0.25) is 0 Å². The van der Waals surface area contributed by atoms with E-state index in [0.717, 1.165) is 11.3 Å². The summed E-state index contributed by atoms with van der Waals surface area (Å²) in [7, 11) is 0. The number of carbonyl (C=O) groups is 1. The summed E-state index contributed by atoms with van der Waals surface area (Å²) < 4.78 is 4.96. The second-order valence-corrected chi connectivity index (χ2v) is 5.49. The summed E-state index contributed by atoms with van der Waals surface area (Å²) in [5.74, 6) is 1.39. The van der Waals surface area contributed by atoms with Gasteiger partial charge in [-0.3, -0.25) is 4.79 Å². The van der Waals surface area contributed by atoms with Crippen molar-refractivity contribution in [1.82, 2.24) is 15.1 Å². The number of nitrogens with one attached hydrogen (secondary N) is 2. The van der Waals surface area contributed by atoms with Crippen LogP contribution in [0, 0.1) is 20.8 Å². The van der Waals surface area contributed by atoms with E-state index in [-0.39, 0.29) is 11.6 Å². The summed E-state index contributed by atoms with van der Waals surface area (Å²) in [4.78, 5) is 20.5. The lowest BCUT2D eigenvalue weighted by Gasteiger charge is -2.07. The van der Waals surface area contributed by atoms with Crippen LogP contribution in [-0.4, -0.2) is 21.0 Å². The fourth-order valence-electron chi connectivity index (χ4n) is 2.08. The van der Waals surface area contributed by atoms with Crippen molar-refractivity contribution in [1.29, 1.82) is 0 Å². The average molecular weight is 323 g/mol. The van der Waals surface area contributed by atoms with Crippen molar-refractivity contribution < 1.29 is 9.32 Å². The standard InChI is InChI=1S/C17H17N5O2/c1-10-4-5-13(6-11(10)2)20-17(23)14-8-19-16(9-18-14)21-15-7-12(3)24-22-15/h4-9H,1-3H3,(H,20,23)(H,19,21,22). The van der Waals surface area contributed by atoms with Crippen molar-refractivity contribution in [3.05, 3.63) is 59.2 Å². The summed E-state index contributed by atoms with van der Waals surface area (Å²) in [6, 6.07) is 7.48. The molecule has 2 heterocycles. The molecule has 0 unspecified atom stereocenters. The Labute approximate surface area is 139 Å². The molecule has 122 valence electrons. The van der Waals surface area contributed by atoms with E-state index in [2.05, 4.69) is 25.8 Å². The Morgan fingerprint density at radius 1 is 1.00 bits per heavy atom. The lowest BCUT2D eigenvalue weighted by molar-refractivity contribution is 0.102. The van der Waals surface area contributed by atoms with Crippen LogP contribution in [0.4, 0.5) is 17.3 Å². The molecule has 7 nitrogen and oxygen atoms in total. The third-order valence-corrected chi connectivity index (χ3v) is 3.53. The maximum Gasteiger partial charge on any atom is 0.275 e. The number of nitrogens with zero attached hydrogens (tertiary/aromatic N) is 3. The molecule has 0 aliphatic carbocycles. The molecule has 0 atom stereocenters. The van der Waals surface area contributed by atoms with Gasteiger partial charge in [0.25, 0.3) is 5.91 Å². The third-order valence-electron chi connectivity index (χ3n) is 3.53. The van der Waals surface area contributed by atoms with Gasteiger partial charge in [-0.25, -0.2) is 9.97 Å². The highest BCUT2D eigenvalue weighted by atomic mass is 16.5. The minimum atomic E-state index is -0.311. The Bertz CT molecular complexity index is 871. The molecule has 2 N–H and O–H groups in total. The zero-order valence-corrected chi connectivity index (χ0v) is 13.6. The molecule has 1 aromatic carbocycles. The number of carbonyl (C=O) groups excluding carboxylic acids is 1.